The normalized spacial score (nSPS) is 12.0. The molecule has 0 spiro atoms. The van der Waals surface area contributed by atoms with Crippen molar-refractivity contribution in [1.29, 1.82) is 0 Å². The van der Waals surface area contributed by atoms with Crippen molar-refractivity contribution in [3.8, 4) is 5.75 Å². The Morgan fingerprint density at radius 2 is 2.28 bits per heavy atom. The lowest BCUT2D eigenvalue weighted by Gasteiger charge is -2.15. The molecular weight excluding hydrogens is 301 g/mol. The highest BCUT2D eigenvalue weighted by molar-refractivity contribution is 9.10. The first-order chi connectivity index (χ1) is 8.54. The number of halogens is 2. The summed E-state index contributed by atoms with van der Waals surface area (Å²) in [5.74, 6) is -0.264. The number of nitrogens with one attached hydrogen (secondary N) is 1. The van der Waals surface area contributed by atoms with Gasteiger partial charge in [-0.3, -0.25) is 4.79 Å². The van der Waals surface area contributed by atoms with Crippen molar-refractivity contribution in [2.75, 3.05) is 6.54 Å². The maximum absolute atomic E-state index is 13.0. The van der Waals surface area contributed by atoms with Gasteiger partial charge < -0.3 is 10.1 Å². The summed E-state index contributed by atoms with van der Waals surface area (Å²) >= 11 is 3.25. The molecule has 0 aliphatic carbocycles. The van der Waals surface area contributed by atoms with Crippen LogP contribution in [0.4, 0.5) is 4.39 Å². The standard InChI is InChI=1S/C13H17BrFNO2/c1-3-4-7-16-13(17)9(2)18-12-8-10(15)5-6-11(12)14/h5-6,8-9H,3-4,7H2,1-2H3,(H,16,17). The zero-order chi connectivity index (χ0) is 13.5. The number of benzene rings is 1. The molecule has 1 unspecified atom stereocenters. The van der Waals surface area contributed by atoms with Crippen LogP contribution in [0.25, 0.3) is 0 Å². The van der Waals surface area contributed by atoms with Crippen molar-refractivity contribution >= 4 is 21.8 Å². The van der Waals surface area contributed by atoms with Crippen LogP contribution in [-0.4, -0.2) is 18.6 Å². The number of unbranched alkanes of at least 4 members (excludes halogenated alkanes) is 1. The molecule has 3 nitrogen and oxygen atoms in total. The topological polar surface area (TPSA) is 38.3 Å². The summed E-state index contributed by atoms with van der Waals surface area (Å²) in [5, 5.41) is 2.76. The van der Waals surface area contributed by atoms with Crippen molar-refractivity contribution < 1.29 is 13.9 Å². The first-order valence-corrected chi connectivity index (χ1v) is 6.73. The average molecular weight is 318 g/mol. The largest absolute Gasteiger partial charge is 0.480 e. The summed E-state index contributed by atoms with van der Waals surface area (Å²) in [5.41, 5.74) is 0. The minimum atomic E-state index is -0.653. The van der Waals surface area contributed by atoms with E-state index in [9.17, 15) is 9.18 Å². The monoisotopic (exact) mass is 317 g/mol. The van der Waals surface area contributed by atoms with Gasteiger partial charge in [0.25, 0.3) is 5.91 Å². The van der Waals surface area contributed by atoms with Crippen LogP contribution < -0.4 is 10.1 Å². The van der Waals surface area contributed by atoms with Crippen LogP contribution in [0.2, 0.25) is 0 Å². The fraction of sp³-hybridized carbons (Fsp3) is 0.462. The van der Waals surface area contributed by atoms with Crippen molar-refractivity contribution in [2.45, 2.75) is 32.8 Å². The lowest BCUT2D eigenvalue weighted by molar-refractivity contribution is -0.127. The van der Waals surface area contributed by atoms with Crippen molar-refractivity contribution in [2.24, 2.45) is 0 Å². The number of carbonyl (C=O) groups is 1. The molecule has 1 atom stereocenters. The third-order valence-electron chi connectivity index (χ3n) is 2.40. The summed E-state index contributed by atoms with van der Waals surface area (Å²) in [4.78, 5) is 11.7. The Morgan fingerprint density at radius 1 is 1.56 bits per heavy atom. The first kappa shape index (κ1) is 15.0. The Balaban J connectivity index is 2.55. The minimum Gasteiger partial charge on any atom is -0.480 e. The van der Waals surface area contributed by atoms with E-state index in [0.717, 1.165) is 12.8 Å². The molecule has 0 saturated heterocycles. The van der Waals surface area contributed by atoms with Crippen LogP contribution in [0.5, 0.6) is 5.75 Å². The average Bonchev–Trinajstić information content (AvgIpc) is 2.34. The van der Waals surface area contributed by atoms with Crippen molar-refractivity contribution in [3.63, 3.8) is 0 Å². The molecule has 0 heterocycles. The van der Waals surface area contributed by atoms with Crippen LogP contribution in [0.15, 0.2) is 22.7 Å². The number of hydrogen-bond acceptors (Lipinski definition) is 2. The van der Waals surface area contributed by atoms with E-state index in [0.29, 0.717) is 16.8 Å². The van der Waals surface area contributed by atoms with E-state index in [2.05, 4.69) is 28.2 Å². The van der Waals surface area contributed by atoms with Crippen LogP contribution >= 0.6 is 15.9 Å². The molecule has 1 N–H and O–H groups in total. The van der Waals surface area contributed by atoms with Crippen LogP contribution in [0.3, 0.4) is 0 Å². The molecule has 5 heteroatoms. The Morgan fingerprint density at radius 3 is 2.94 bits per heavy atom. The Labute approximate surface area is 115 Å². The number of hydrogen-bond donors (Lipinski definition) is 1. The van der Waals surface area contributed by atoms with Crippen LogP contribution in [-0.2, 0) is 4.79 Å². The van der Waals surface area contributed by atoms with E-state index in [-0.39, 0.29) is 5.91 Å². The molecule has 1 rings (SSSR count). The van der Waals surface area contributed by atoms with E-state index in [1.807, 2.05) is 0 Å². The van der Waals surface area contributed by atoms with Gasteiger partial charge in [0, 0.05) is 12.6 Å². The number of rotatable bonds is 6. The molecule has 100 valence electrons. The van der Waals surface area contributed by atoms with Gasteiger partial charge in [0.1, 0.15) is 11.6 Å². The smallest absolute Gasteiger partial charge is 0.260 e. The van der Waals surface area contributed by atoms with E-state index >= 15 is 0 Å². The van der Waals surface area contributed by atoms with E-state index in [1.54, 1.807) is 13.0 Å². The fourth-order valence-electron chi connectivity index (χ4n) is 1.34. The first-order valence-electron chi connectivity index (χ1n) is 5.94. The van der Waals surface area contributed by atoms with E-state index < -0.39 is 11.9 Å². The van der Waals surface area contributed by atoms with Gasteiger partial charge in [-0.05, 0) is 41.4 Å². The summed E-state index contributed by atoms with van der Waals surface area (Å²) in [6.07, 6.45) is 1.30. The molecule has 0 radical (unpaired) electrons. The zero-order valence-electron chi connectivity index (χ0n) is 10.5. The Kier molecular flexibility index (Phi) is 6.12. The van der Waals surface area contributed by atoms with Gasteiger partial charge in [0.15, 0.2) is 6.10 Å². The molecule has 18 heavy (non-hydrogen) atoms. The second-order valence-corrected chi connectivity index (χ2v) is 4.83. The summed E-state index contributed by atoms with van der Waals surface area (Å²) in [6.45, 7) is 4.32. The highest BCUT2D eigenvalue weighted by Crippen LogP contribution is 2.26. The molecule has 0 saturated carbocycles. The molecule has 1 amide bonds. The second kappa shape index (κ2) is 7.36. The summed E-state index contributed by atoms with van der Waals surface area (Å²) in [7, 11) is 0. The molecule has 0 aliphatic rings. The lowest BCUT2D eigenvalue weighted by Crippen LogP contribution is -2.36. The molecule has 0 bridgehead atoms. The predicted molar refractivity (Wildman–Crippen MR) is 72.1 cm³/mol. The number of carbonyl (C=O) groups excluding carboxylic acids is 1. The van der Waals surface area contributed by atoms with Gasteiger partial charge in [-0.15, -0.1) is 0 Å². The van der Waals surface area contributed by atoms with Gasteiger partial charge >= 0.3 is 0 Å². The highest BCUT2D eigenvalue weighted by Gasteiger charge is 2.15. The van der Waals surface area contributed by atoms with Gasteiger partial charge in [-0.25, -0.2) is 4.39 Å². The summed E-state index contributed by atoms with van der Waals surface area (Å²) < 4.78 is 19.1. The molecule has 0 aliphatic heterocycles. The second-order valence-electron chi connectivity index (χ2n) is 3.98. The quantitative estimate of drug-likeness (QED) is 0.818. The van der Waals surface area contributed by atoms with Crippen molar-refractivity contribution in [3.05, 3.63) is 28.5 Å². The maximum atomic E-state index is 13.0. The molecule has 1 aromatic carbocycles. The molecule has 1 aromatic rings. The summed E-state index contributed by atoms with van der Waals surface area (Å²) in [6, 6.07) is 4.12. The Hall–Kier alpha value is -1.10. The van der Waals surface area contributed by atoms with Crippen LogP contribution in [0, 0.1) is 5.82 Å². The minimum absolute atomic E-state index is 0.195. The van der Waals surface area contributed by atoms with E-state index in [1.165, 1.54) is 12.1 Å². The molecule has 0 fully saturated rings. The van der Waals surface area contributed by atoms with Gasteiger partial charge in [-0.1, -0.05) is 13.3 Å². The SMILES string of the molecule is CCCCNC(=O)C(C)Oc1cc(F)ccc1Br. The van der Waals surface area contributed by atoms with Crippen LogP contribution in [0.1, 0.15) is 26.7 Å². The molecule has 0 aromatic heterocycles. The lowest BCUT2D eigenvalue weighted by atomic mass is 10.3. The van der Waals surface area contributed by atoms with Gasteiger partial charge in [-0.2, -0.15) is 0 Å². The zero-order valence-corrected chi connectivity index (χ0v) is 12.1. The Bertz CT molecular complexity index is 412. The molecular formula is C13H17BrFNO2. The maximum Gasteiger partial charge on any atom is 0.260 e. The highest BCUT2D eigenvalue weighted by atomic mass is 79.9. The van der Waals surface area contributed by atoms with Gasteiger partial charge in [0.05, 0.1) is 4.47 Å². The number of amides is 1. The van der Waals surface area contributed by atoms with Gasteiger partial charge in [0.2, 0.25) is 0 Å². The third-order valence-corrected chi connectivity index (χ3v) is 3.05. The number of ether oxygens (including phenoxy) is 1. The fourth-order valence-corrected chi connectivity index (χ4v) is 1.68. The third kappa shape index (κ3) is 4.64. The van der Waals surface area contributed by atoms with Crippen molar-refractivity contribution in [1.82, 2.24) is 5.32 Å². The predicted octanol–water partition coefficient (Wildman–Crippen LogP) is 3.27. The van der Waals surface area contributed by atoms with E-state index in [4.69, 9.17) is 4.74 Å².